The van der Waals surface area contributed by atoms with E-state index >= 15 is 0 Å². The summed E-state index contributed by atoms with van der Waals surface area (Å²) in [4.78, 5) is 23.8. The largest absolute Gasteiger partial charge is 0.449 e. The molecule has 2 aromatic rings. The van der Waals surface area contributed by atoms with Crippen molar-refractivity contribution in [2.24, 2.45) is 0 Å². The van der Waals surface area contributed by atoms with E-state index in [0.29, 0.717) is 5.69 Å². The van der Waals surface area contributed by atoms with E-state index in [0.717, 1.165) is 24.3 Å². The molecule has 0 fully saturated rings. The minimum atomic E-state index is -4.48. The normalized spacial score (nSPS) is 12.3. The molecule has 1 amide bonds. The Hall–Kier alpha value is -2.83. The first-order valence-electron chi connectivity index (χ1n) is 7.01. The summed E-state index contributed by atoms with van der Waals surface area (Å²) in [5.41, 5.74) is -0.392. The molecule has 126 valence electrons. The Labute approximate surface area is 136 Å². The molecular weight excluding hydrogens is 323 g/mol. The standard InChI is InChI=1S/C17H14F3NO3/c1-11(15(22)21-14-5-3-2-4-6-14)24-16(23)12-7-9-13(10-8-12)17(18,19)20/h2-11H,1H3,(H,21,22)/t11-/m0/s1. The van der Waals surface area contributed by atoms with Gasteiger partial charge in [-0.1, -0.05) is 18.2 Å². The number of anilines is 1. The highest BCUT2D eigenvalue weighted by atomic mass is 19.4. The Kier molecular flexibility index (Phi) is 5.23. The number of esters is 1. The van der Waals surface area contributed by atoms with Crippen LogP contribution in [0.5, 0.6) is 0 Å². The van der Waals surface area contributed by atoms with Gasteiger partial charge in [0, 0.05) is 5.69 Å². The predicted molar refractivity (Wildman–Crippen MR) is 81.4 cm³/mol. The van der Waals surface area contributed by atoms with Crippen LogP contribution in [0.15, 0.2) is 54.6 Å². The van der Waals surface area contributed by atoms with Crippen LogP contribution in [0, 0.1) is 0 Å². The molecule has 0 bridgehead atoms. The Balaban J connectivity index is 1.97. The zero-order valence-electron chi connectivity index (χ0n) is 12.6. The van der Waals surface area contributed by atoms with Gasteiger partial charge in [0.15, 0.2) is 6.10 Å². The lowest BCUT2D eigenvalue weighted by Crippen LogP contribution is -2.30. The van der Waals surface area contributed by atoms with E-state index in [9.17, 15) is 22.8 Å². The second-order valence-corrected chi connectivity index (χ2v) is 4.98. The molecule has 2 rings (SSSR count). The zero-order valence-corrected chi connectivity index (χ0v) is 12.6. The van der Waals surface area contributed by atoms with Crippen molar-refractivity contribution in [2.45, 2.75) is 19.2 Å². The summed E-state index contributed by atoms with van der Waals surface area (Å²) in [5, 5.41) is 2.56. The summed E-state index contributed by atoms with van der Waals surface area (Å²) < 4.78 is 42.4. The Morgan fingerprint density at radius 3 is 2.12 bits per heavy atom. The van der Waals surface area contributed by atoms with Crippen molar-refractivity contribution in [2.75, 3.05) is 5.32 Å². The molecule has 0 aliphatic carbocycles. The molecular formula is C17H14F3NO3. The number of hydrogen-bond donors (Lipinski definition) is 1. The van der Waals surface area contributed by atoms with E-state index in [2.05, 4.69) is 5.32 Å². The fourth-order valence-electron chi connectivity index (χ4n) is 1.84. The summed E-state index contributed by atoms with van der Waals surface area (Å²) in [6, 6.07) is 12.2. The third-order valence-electron chi connectivity index (χ3n) is 3.14. The van der Waals surface area contributed by atoms with E-state index < -0.39 is 29.7 Å². The average molecular weight is 337 g/mol. The van der Waals surface area contributed by atoms with Crippen LogP contribution in [0.25, 0.3) is 0 Å². The van der Waals surface area contributed by atoms with Crippen LogP contribution in [-0.2, 0) is 15.7 Å². The quantitative estimate of drug-likeness (QED) is 0.861. The van der Waals surface area contributed by atoms with Gasteiger partial charge in [0.1, 0.15) is 0 Å². The van der Waals surface area contributed by atoms with E-state index in [4.69, 9.17) is 4.74 Å². The van der Waals surface area contributed by atoms with Crippen molar-refractivity contribution in [3.05, 3.63) is 65.7 Å². The van der Waals surface area contributed by atoms with Crippen LogP contribution in [0.4, 0.5) is 18.9 Å². The number of hydrogen-bond acceptors (Lipinski definition) is 3. The molecule has 0 saturated heterocycles. The van der Waals surface area contributed by atoms with Gasteiger partial charge in [-0.15, -0.1) is 0 Å². The highest BCUT2D eigenvalue weighted by Gasteiger charge is 2.30. The van der Waals surface area contributed by atoms with Crippen molar-refractivity contribution in [3.8, 4) is 0 Å². The summed E-state index contributed by atoms with van der Waals surface area (Å²) in [5.74, 6) is -1.42. The maximum Gasteiger partial charge on any atom is 0.416 e. The molecule has 0 saturated carbocycles. The van der Waals surface area contributed by atoms with E-state index in [1.165, 1.54) is 6.92 Å². The van der Waals surface area contributed by atoms with Gasteiger partial charge >= 0.3 is 12.1 Å². The van der Waals surface area contributed by atoms with E-state index in [-0.39, 0.29) is 5.56 Å². The zero-order chi connectivity index (χ0) is 17.7. The topological polar surface area (TPSA) is 55.4 Å². The number of para-hydroxylation sites is 1. The number of benzene rings is 2. The van der Waals surface area contributed by atoms with Crippen LogP contribution in [0.2, 0.25) is 0 Å². The minimum absolute atomic E-state index is 0.0673. The summed E-state index contributed by atoms with van der Waals surface area (Å²) in [7, 11) is 0. The lowest BCUT2D eigenvalue weighted by atomic mass is 10.1. The lowest BCUT2D eigenvalue weighted by molar-refractivity contribution is -0.137. The van der Waals surface area contributed by atoms with Crippen molar-refractivity contribution in [3.63, 3.8) is 0 Å². The highest BCUT2D eigenvalue weighted by molar-refractivity contribution is 5.97. The number of halogens is 3. The van der Waals surface area contributed by atoms with Crippen molar-refractivity contribution >= 4 is 17.6 Å². The van der Waals surface area contributed by atoms with Crippen LogP contribution in [0.1, 0.15) is 22.8 Å². The molecule has 0 radical (unpaired) electrons. The van der Waals surface area contributed by atoms with Crippen molar-refractivity contribution in [1.82, 2.24) is 0 Å². The Bertz CT molecular complexity index is 712. The number of rotatable bonds is 4. The van der Waals surface area contributed by atoms with Gasteiger partial charge in [-0.2, -0.15) is 13.2 Å². The van der Waals surface area contributed by atoms with Crippen LogP contribution in [-0.4, -0.2) is 18.0 Å². The van der Waals surface area contributed by atoms with Gasteiger partial charge in [-0.3, -0.25) is 4.79 Å². The molecule has 2 aromatic carbocycles. The highest BCUT2D eigenvalue weighted by Crippen LogP contribution is 2.29. The molecule has 0 unspecified atom stereocenters. The minimum Gasteiger partial charge on any atom is -0.449 e. The summed E-state index contributed by atoms with van der Waals surface area (Å²) in [6.07, 6.45) is -5.58. The van der Waals surface area contributed by atoms with Gasteiger partial charge in [-0.25, -0.2) is 4.79 Å². The Morgan fingerprint density at radius 2 is 1.58 bits per heavy atom. The van der Waals surface area contributed by atoms with Gasteiger partial charge in [0.25, 0.3) is 5.91 Å². The van der Waals surface area contributed by atoms with Gasteiger partial charge in [-0.05, 0) is 43.3 Å². The third kappa shape index (κ3) is 4.58. The van der Waals surface area contributed by atoms with Crippen LogP contribution < -0.4 is 5.32 Å². The summed E-state index contributed by atoms with van der Waals surface area (Å²) in [6.45, 7) is 1.38. The number of ether oxygens (including phenoxy) is 1. The van der Waals surface area contributed by atoms with Crippen LogP contribution >= 0.6 is 0 Å². The molecule has 0 heterocycles. The maximum absolute atomic E-state index is 12.5. The smallest absolute Gasteiger partial charge is 0.416 e. The average Bonchev–Trinajstić information content (AvgIpc) is 2.55. The van der Waals surface area contributed by atoms with Crippen molar-refractivity contribution < 1.29 is 27.5 Å². The third-order valence-corrected chi connectivity index (χ3v) is 3.14. The molecule has 0 aliphatic heterocycles. The SMILES string of the molecule is C[C@H](OC(=O)c1ccc(C(F)(F)F)cc1)C(=O)Nc1ccccc1. The molecule has 1 N–H and O–H groups in total. The number of nitrogens with one attached hydrogen (secondary N) is 1. The van der Waals surface area contributed by atoms with Crippen LogP contribution in [0.3, 0.4) is 0 Å². The van der Waals surface area contributed by atoms with E-state index in [1.54, 1.807) is 30.3 Å². The fourth-order valence-corrected chi connectivity index (χ4v) is 1.84. The monoisotopic (exact) mass is 337 g/mol. The van der Waals surface area contributed by atoms with Gasteiger partial charge in [0.2, 0.25) is 0 Å². The molecule has 1 atom stereocenters. The van der Waals surface area contributed by atoms with Gasteiger partial charge < -0.3 is 10.1 Å². The van der Waals surface area contributed by atoms with Crippen molar-refractivity contribution in [1.29, 1.82) is 0 Å². The van der Waals surface area contributed by atoms with Gasteiger partial charge in [0.05, 0.1) is 11.1 Å². The lowest BCUT2D eigenvalue weighted by Gasteiger charge is -2.14. The molecule has 0 spiro atoms. The summed E-state index contributed by atoms with van der Waals surface area (Å²) >= 11 is 0. The first-order valence-corrected chi connectivity index (χ1v) is 7.01. The first kappa shape index (κ1) is 17.5. The molecule has 24 heavy (non-hydrogen) atoms. The number of alkyl halides is 3. The molecule has 4 nitrogen and oxygen atoms in total. The fraction of sp³-hybridized carbons (Fsp3) is 0.176. The number of amides is 1. The molecule has 0 aliphatic rings. The predicted octanol–water partition coefficient (Wildman–Crippen LogP) is 3.89. The second-order valence-electron chi connectivity index (χ2n) is 4.98. The number of carbonyl (C=O) groups is 2. The second kappa shape index (κ2) is 7.16. The van der Waals surface area contributed by atoms with E-state index in [1.807, 2.05) is 0 Å². The Morgan fingerprint density at radius 1 is 1.00 bits per heavy atom. The maximum atomic E-state index is 12.5. The first-order chi connectivity index (χ1) is 11.3. The number of carbonyl (C=O) groups excluding carboxylic acids is 2. The molecule has 7 heteroatoms. The molecule has 0 aromatic heterocycles.